The Bertz CT molecular complexity index is 221. The third kappa shape index (κ3) is 1.52. The summed E-state index contributed by atoms with van der Waals surface area (Å²) in [6.07, 6.45) is -5.45. The number of hydrogen-bond donors (Lipinski definition) is 6. The number of carbonyl (C=O) groups excluding carboxylic acids is 1. The van der Waals surface area contributed by atoms with Crippen LogP contribution in [0.4, 0.5) is 0 Å². The van der Waals surface area contributed by atoms with Gasteiger partial charge in [-0.3, -0.25) is 4.79 Å². The lowest BCUT2D eigenvalue weighted by Gasteiger charge is -2.40. The van der Waals surface area contributed by atoms with Gasteiger partial charge in [0.2, 0.25) is 0 Å². The van der Waals surface area contributed by atoms with E-state index in [0.717, 1.165) is 0 Å². The van der Waals surface area contributed by atoms with E-state index in [1.807, 2.05) is 0 Å². The van der Waals surface area contributed by atoms with Gasteiger partial charge in [-0.2, -0.15) is 0 Å². The van der Waals surface area contributed by atoms with Gasteiger partial charge in [-0.15, -0.1) is 0 Å². The zero-order chi connectivity index (χ0) is 10.2. The number of piperidine rings is 1. The van der Waals surface area contributed by atoms with Crippen molar-refractivity contribution in [1.29, 1.82) is 0 Å². The molecule has 0 bridgehead atoms. The van der Waals surface area contributed by atoms with Gasteiger partial charge in [0.25, 0.3) is 5.91 Å². The van der Waals surface area contributed by atoms with Crippen LogP contribution in [0.2, 0.25) is 0 Å². The van der Waals surface area contributed by atoms with Gasteiger partial charge in [-0.1, -0.05) is 0 Å². The lowest BCUT2D eigenvalue weighted by atomic mass is 9.93. The summed E-state index contributed by atoms with van der Waals surface area (Å²) in [5.74, 6) is -1.05. The van der Waals surface area contributed by atoms with Gasteiger partial charge in [-0.05, 0) is 0 Å². The fourth-order valence-corrected chi connectivity index (χ4v) is 1.10. The van der Waals surface area contributed by atoms with Crippen molar-refractivity contribution in [2.45, 2.75) is 24.0 Å². The highest BCUT2D eigenvalue weighted by atomic mass is 16.4. The Hall–Kier alpha value is -0.730. The van der Waals surface area contributed by atoms with Gasteiger partial charge < -0.3 is 30.8 Å². The second-order valence-corrected chi connectivity index (χ2v) is 2.95. The maximum Gasteiger partial charge on any atom is 0.253 e. The zero-order valence-corrected chi connectivity index (χ0v) is 6.58. The predicted molar refractivity (Wildman–Crippen MR) is 38.2 cm³/mol. The molecule has 0 aliphatic carbocycles. The van der Waals surface area contributed by atoms with Crippen LogP contribution in [0, 0.1) is 0 Å². The number of amides is 1. The second kappa shape index (κ2) is 3.20. The van der Waals surface area contributed by atoms with Crippen LogP contribution in [-0.2, 0) is 4.79 Å². The first-order valence-electron chi connectivity index (χ1n) is 3.62. The van der Waals surface area contributed by atoms with E-state index in [2.05, 4.69) is 0 Å². The van der Waals surface area contributed by atoms with Gasteiger partial charge in [0.1, 0.15) is 12.2 Å². The quantitative estimate of drug-likeness (QED) is 0.251. The van der Waals surface area contributed by atoms with Crippen molar-refractivity contribution in [2.24, 2.45) is 0 Å². The molecule has 13 heavy (non-hydrogen) atoms. The molecule has 6 N–H and O–H groups in total. The molecule has 1 heterocycles. The van der Waals surface area contributed by atoms with E-state index < -0.39 is 36.6 Å². The Morgan fingerprint density at radius 1 is 1.38 bits per heavy atom. The smallest absolute Gasteiger partial charge is 0.253 e. The van der Waals surface area contributed by atoms with Crippen LogP contribution >= 0.6 is 0 Å². The highest BCUT2D eigenvalue weighted by Crippen LogP contribution is 2.18. The standard InChI is InChI=1S/C6H11NO6/c8-1-6(13)4(11)2(9)3(10)5(12)7-6/h2-4,8-11,13H,1H2,(H,7,12). The van der Waals surface area contributed by atoms with Gasteiger partial charge >= 0.3 is 0 Å². The van der Waals surface area contributed by atoms with Crippen molar-refractivity contribution in [3.8, 4) is 0 Å². The molecule has 1 amide bonds. The van der Waals surface area contributed by atoms with Crippen LogP contribution in [0.25, 0.3) is 0 Å². The van der Waals surface area contributed by atoms with E-state index in [-0.39, 0.29) is 0 Å². The van der Waals surface area contributed by atoms with E-state index in [1.54, 1.807) is 5.32 Å². The summed E-state index contributed by atoms with van der Waals surface area (Å²) in [6, 6.07) is 0. The van der Waals surface area contributed by atoms with Crippen molar-refractivity contribution >= 4 is 5.91 Å². The Morgan fingerprint density at radius 2 is 1.92 bits per heavy atom. The molecule has 1 fully saturated rings. The lowest BCUT2D eigenvalue weighted by Crippen LogP contribution is -2.72. The maximum absolute atomic E-state index is 10.8. The first-order chi connectivity index (χ1) is 5.92. The third-order valence-corrected chi connectivity index (χ3v) is 1.99. The van der Waals surface area contributed by atoms with Crippen molar-refractivity contribution in [3.05, 3.63) is 0 Å². The molecule has 4 atom stereocenters. The highest BCUT2D eigenvalue weighted by Gasteiger charge is 2.50. The first-order valence-corrected chi connectivity index (χ1v) is 3.62. The van der Waals surface area contributed by atoms with Crippen molar-refractivity contribution in [3.63, 3.8) is 0 Å². The van der Waals surface area contributed by atoms with Crippen molar-refractivity contribution in [2.75, 3.05) is 6.61 Å². The van der Waals surface area contributed by atoms with E-state index in [0.29, 0.717) is 0 Å². The summed E-state index contributed by atoms with van der Waals surface area (Å²) in [5, 5.41) is 46.8. The minimum atomic E-state index is -2.30. The average Bonchev–Trinajstić information content (AvgIpc) is 2.12. The normalized spacial score (nSPS) is 45.9. The van der Waals surface area contributed by atoms with Crippen LogP contribution in [0.3, 0.4) is 0 Å². The van der Waals surface area contributed by atoms with E-state index in [9.17, 15) is 9.90 Å². The molecule has 0 aromatic rings. The molecule has 0 saturated carbocycles. The molecule has 1 saturated heterocycles. The van der Waals surface area contributed by atoms with Crippen molar-refractivity contribution < 1.29 is 30.3 Å². The maximum atomic E-state index is 10.8. The fraction of sp³-hybridized carbons (Fsp3) is 0.833. The monoisotopic (exact) mass is 193 g/mol. The van der Waals surface area contributed by atoms with E-state index in [4.69, 9.17) is 20.4 Å². The molecule has 1 rings (SSSR count). The molecular weight excluding hydrogens is 182 g/mol. The van der Waals surface area contributed by atoms with Crippen LogP contribution in [0.15, 0.2) is 0 Å². The summed E-state index contributed by atoms with van der Waals surface area (Å²) in [7, 11) is 0. The molecule has 0 spiro atoms. The highest BCUT2D eigenvalue weighted by molar-refractivity contribution is 5.83. The van der Waals surface area contributed by atoms with Gasteiger partial charge in [0, 0.05) is 0 Å². The van der Waals surface area contributed by atoms with Gasteiger partial charge in [0.15, 0.2) is 11.8 Å². The van der Waals surface area contributed by atoms with E-state index in [1.165, 1.54) is 0 Å². The average molecular weight is 193 g/mol. The number of nitrogens with one attached hydrogen (secondary N) is 1. The largest absolute Gasteiger partial charge is 0.391 e. The van der Waals surface area contributed by atoms with Gasteiger partial charge in [-0.25, -0.2) is 0 Å². The van der Waals surface area contributed by atoms with Crippen LogP contribution in [-0.4, -0.2) is 62.1 Å². The molecule has 7 heteroatoms. The Balaban J connectivity index is 2.88. The molecule has 1 aliphatic heterocycles. The minimum absolute atomic E-state index is 0.955. The van der Waals surface area contributed by atoms with Crippen molar-refractivity contribution in [1.82, 2.24) is 5.32 Å². The van der Waals surface area contributed by atoms with Crippen LogP contribution in [0.1, 0.15) is 0 Å². The molecule has 76 valence electrons. The van der Waals surface area contributed by atoms with Crippen LogP contribution < -0.4 is 5.32 Å². The molecular formula is C6H11NO6. The second-order valence-electron chi connectivity index (χ2n) is 2.95. The molecule has 0 aromatic heterocycles. The number of carbonyl (C=O) groups is 1. The summed E-state index contributed by atoms with van der Waals surface area (Å²) in [4.78, 5) is 10.8. The lowest BCUT2D eigenvalue weighted by molar-refractivity contribution is -0.210. The first kappa shape index (κ1) is 10.4. The predicted octanol–water partition coefficient (Wildman–Crippen LogP) is -4.12. The molecule has 7 nitrogen and oxygen atoms in total. The molecule has 4 unspecified atom stereocenters. The number of aliphatic hydroxyl groups excluding tert-OH is 4. The molecule has 1 aliphatic rings. The Kier molecular flexibility index (Phi) is 2.55. The zero-order valence-electron chi connectivity index (χ0n) is 6.58. The third-order valence-electron chi connectivity index (χ3n) is 1.99. The van der Waals surface area contributed by atoms with E-state index >= 15 is 0 Å². The van der Waals surface area contributed by atoms with Gasteiger partial charge in [0.05, 0.1) is 6.61 Å². The Morgan fingerprint density at radius 3 is 2.38 bits per heavy atom. The fourth-order valence-electron chi connectivity index (χ4n) is 1.10. The SMILES string of the molecule is O=C1NC(O)(CO)C(O)C(O)C1O. The summed E-state index contributed by atoms with van der Waals surface area (Å²) in [6.45, 7) is -0.955. The topological polar surface area (TPSA) is 130 Å². The molecule has 0 radical (unpaired) electrons. The summed E-state index contributed by atoms with van der Waals surface area (Å²) < 4.78 is 0. The summed E-state index contributed by atoms with van der Waals surface area (Å²) in [5.41, 5.74) is -2.30. The number of rotatable bonds is 1. The molecule has 0 aromatic carbocycles. The minimum Gasteiger partial charge on any atom is -0.391 e. The number of aliphatic hydroxyl groups is 5. The summed E-state index contributed by atoms with van der Waals surface area (Å²) >= 11 is 0. The number of hydrogen-bond acceptors (Lipinski definition) is 6. The van der Waals surface area contributed by atoms with Crippen LogP contribution in [0.5, 0.6) is 0 Å². The Labute approximate surface area is 73.2 Å².